The molecule has 0 aromatic heterocycles. The Morgan fingerprint density at radius 2 is 1.88 bits per heavy atom. The molecule has 2 atom stereocenters. The molecule has 2 unspecified atom stereocenters. The molecule has 0 radical (unpaired) electrons. The topological polar surface area (TPSA) is 74.6 Å². The Labute approximate surface area is 105 Å². The molecule has 1 aliphatic heterocycles. The molecule has 1 aromatic carbocycles. The molecule has 2 N–H and O–H groups in total. The van der Waals surface area contributed by atoms with Crippen LogP contribution in [0.1, 0.15) is 5.56 Å². The molecule has 0 spiro atoms. The van der Waals surface area contributed by atoms with Crippen LogP contribution in [0, 0.1) is 0 Å². The third kappa shape index (κ3) is 3.22. The largest absolute Gasteiger partial charge is 0.392 e. The van der Waals surface area contributed by atoms with E-state index in [0.717, 1.165) is 10.5 Å². The smallest absolute Gasteiger partial charge is 0.154 e. The van der Waals surface area contributed by atoms with Crippen LogP contribution in [0.5, 0.6) is 0 Å². The van der Waals surface area contributed by atoms with E-state index in [0.29, 0.717) is 0 Å². The van der Waals surface area contributed by atoms with Crippen LogP contribution in [0.3, 0.4) is 0 Å². The maximum absolute atomic E-state index is 11.3. The van der Waals surface area contributed by atoms with Crippen LogP contribution < -0.4 is 0 Å². The van der Waals surface area contributed by atoms with Crippen molar-refractivity contribution in [3.63, 3.8) is 0 Å². The van der Waals surface area contributed by atoms with E-state index in [4.69, 9.17) is 5.11 Å². The van der Waals surface area contributed by atoms with Gasteiger partial charge >= 0.3 is 0 Å². The van der Waals surface area contributed by atoms with Crippen molar-refractivity contribution in [3.8, 4) is 0 Å². The SMILES string of the molecule is O=S1(=O)CC(O)C(Sc2ccc(CO)cc2)C1. The van der Waals surface area contributed by atoms with E-state index in [1.54, 1.807) is 12.1 Å². The molecule has 0 saturated carbocycles. The second kappa shape index (κ2) is 4.97. The van der Waals surface area contributed by atoms with E-state index < -0.39 is 15.9 Å². The Morgan fingerprint density at radius 3 is 2.35 bits per heavy atom. The molecule has 1 heterocycles. The van der Waals surface area contributed by atoms with Gasteiger partial charge in [-0.15, -0.1) is 11.8 Å². The maximum atomic E-state index is 11.3. The van der Waals surface area contributed by atoms with Crippen LogP contribution in [-0.4, -0.2) is 41.5 Å². The van der Waals surface area contributed by atoms with Gasteiger partial charge in [0.25, 0.3) is 0 Å². The summed E-state index contributed by atoms with van der Waals surface area (Å²) >= 11 is 1.37. The molecule has 4 nitrogen and oxygen atoms in total. The monoisotopic (exact) mass is 274 g/mol. The number of benzene rings is 1. The highest BCUT2D eigenvalue weighted by Gasteiger charge is 2.36. The van der Waals surface area contributed by atoms with Gasteiger partial charge < -0.3 is 10.2 Å². The second-order valence-corrected chi connectivity index (χ2v) is 7.57. The summed E-state index contributed by atoms with van der Waals surface area (Å²) in [6.07, 6.45) is -0.789. The predicted molar refractivity (Wildman–Crippen MR) is 66.7 cm³/mol. The number of rotatable bonds is 3. The van der Waals surface area contributed by atoms with Gasteiger partial charge in [0.15, 0.2) is 9.84 Å². The molecular weight excluding hydrogens is 260 g/mol. The summed E-state index contributed by atoms with van der Waals surface area (Å²) in [6.45, 7) is -0.00855. The van der Waals surface area contributed by atoms with Crippen molar-refractivity contribution in [2.24, 2.45) is 0 Å². The number of hydrogen-bond acceptors (Lipinski definition) is 5. The van der Waals surface area contributed by atoms with E-state index in [1.807, 2.05) is 12.1 Å². The molecule has 0 bridgehead atoms. The first-order valence-corrected chi connectivity index (χ1v) is 7.95. The molecule has 94 valence electrons. The Balaban J connectivity index is 2.06. The Kier molecular flexibility index (Phi) is 3.77. The lowest BCUT2D eigenvalue weighted by Crippen LogP contribution is -2.19. The van der Waals surface area contributed by atoms with Gasteiger partial charge in [-0.3, -0.25) is 0 Å². The maximum Gasteiger partial charge on any atom is 0.154 e. The van der Waals surface area contributed by atoms with Gasteiger partial charge in [0.05, 0.1) is 29.5 Å². The Hall–Kier alpha value is -0.560. The highest BCUT2D eigenvalue weighted by molar-refractivity contribution is 8.02. The minimum Gasteiger partial charge on any atom is -0.392 e. The normalized spacial score (nSPS) is 27.2. The number of thioether (sulfide) groups is 1. The van der Waals surface area contributed by atoms with Crippen molar-refractivity contribution in [1.29, 1.82) is 0 Å². The molecule has 0 amide bonds. The van der Waals surface area contributed by atoms with Crippen LogP contribution in [0.25, 0.3) is 0 Å². The first-order valence-electron chi connectivity index (χ1n) is 5.25. The molecule has 1 saturated heterocycles. The third-order valence-electron chi connectivity index (χ3n) is 2.67. The highest BCUT2D eigenvalue weighted by Crippen LogP contribution is 2.31. The third-order valence-corrected chi connectivity index (χ3v) is 5.92. The first-order chi connectivity index (χ1) is 8.00. The Bertz CT molecular complexity index is 481. The average Bonchev–Trinajstić information content (AvgIpc) is 2.53. The lowest BCUT2D eigenvalue weighted by Gasteiger charge is -2.12. The van der Waals surface area contributed by atoms with Gasteiger partial charge in [0.1, 0.15) is 0 Å². The molecule has 6 heteroatoms. The summed E-state index contributed by atoms with van der Waals surface area (Å²) in [5.74, 6) is -0.111. The fraction of sp³-hybridized carbons (Fsp3) is 0.455. The summed E-state index contributed by atoms with van der Waals surface area (Å²) in [5, 5.41) is 18.3. The van der Waals surface area contributed by atoms with Crippen LogP contribution >= 0.6 is 11.8 Å². The first kappa shape index (κ1) is 12.9. The zero-order valence-electron chi connectivity index (χ0n) is 9.11. The quantitative estimate of drug-likeness (QED) is 0.836. The number of hydrogen-bond donors (Lipinski definition) is 2. The highest BCUT2D eigenvalue weighted by atomic mass is 32.2. The summed E-state index contributed by atoms with van der Waals surface area (Å²) in [6, 6.07) is 7.23. The minimum absolute atomic E-state index is 0.00855. The summed E-state index contributed by atoms with van der Waals surface area (Å²) < 4.78 is 22.7. The summed E-state index contributed by atoms with van der Waals surface area (Å²) in [4.78, 5) is 0.906. The van der Waals surface area contributed by atoms with Crippen LogP contribution in [-0.2, 0) is 16.4 Å². The minimum atomic E-state index is -3.09. The number of aliphatic hydroxyl groups is 2. The fourth-order valence-electron chi connectivity index (χ4n) is 1.76. The van der Waals surface area contributed by atoms with Crippen LogP contribution in [0.15, 0.2) is 29.2 Å². The number of aliphatic hydroxyl groups excluding tert-OH is 2. The van der Waals surface area contributed by atoms with Gasteiger partial charge in [0.2, 0.25) is 0 Å². The van der Waals surface area contributed by atoms with Gasteiger partial charge in [-0.05, 0) is 17.7 Å². The fourth-order valence-corrected chi connectivity index (χ4v) is 5.28. The van der Waals surface area contributed by atoms with Crippen molar-refractivity contribution in [2.45, 2.75) is 22.9 Å². The lowest BCUT2D eigenvalue weighted by molar-refractivity contribution is 0.207. The van der Waals surface area contributed by atoms with Crippen molar-refractivity contribution in [2.75, 3.05) is 11.5 Å². The van der Waals surface area contributed by atoms with Crippen LogP contribution in [0.4, 0.5) is 0 Å². The van der Waals surface area contributed by atoms with E-state index in [9.17, 15) is 13.5 Å². The molecule has 1 fully saturated rings. The average molecular weight is 274 g/mol. The van der Waals surface area contributed by atoms with Gasteiger partial charge in [-0.25, -0.2) is 8.42 Å². The van der Waals surface area contributed by atoms with Crippen molar-refractivity contribution in [3.05, 3.63) is 29.8 Å². The molecule has 17 heavy (non-hydrogen) atoms. The van der Waals surface area contributed by atoms with Gasteiger partial charge in [-0.1, -0.05) is 12.1 Å². The second-order valence-electron chi connectivity index (χ2n) is 4.10. The molecule has 1 aliphatic rings. The van der Waals surface area contributed by atoms with Crippen molar-refractivity contribution >= 4 is 21.6 Å². The van der Waals surface area contributed by atoms with Crippen molar-refractivity contribution < 1.29 is 18.6 Å². The standard InChI is InChI=1S/C11H14O4S2/c12-5-8-1-3-9(4-2-8)16-11-7-17(14,15)6-10(11)13/h1-4,10-13H,5-7H2. The lowest BCUT2D eigenvalue weighted by atomic mass is 10.2. The van der Waals surface area contributed by atoms with Gasteiger partial charge in [-0.2, -0.15) is 0 Å². The predicted octanol–water partition coefficient (Wildman–Crippen LogP) is 0.429. The van der Waals surface area contributed by atoms with Gasteiger partial charge in [0, 0.05) is 4.90 Å². The number of sulfone groups is 1. The Morgan fingerprint density at radius 1 is 1.24 bits per heavy atom. The molecular formula is C11H14O4S2. The molecule has 0 aliphatic carbocycles. The molecule has 1 aromatic rings. The zero-order chi connectivity index (χ0) is 12.5. The van der Waals surface area contributed by atoms with E-state index in [1.165, 1.54) is 11.8 Å². The molecule has 2 rings (SSSR count). The van der Waals surface area contributed by atoms with E-state index in [2.05, 4.69) is 0 Å². The summed E-state index contributed by atoms with van der Waals surface area (Å²) in [7, 11) is -3.09. The zero-order valence-corrected chi connectivity index (χ0v) is 10.7. The van der Waals surface area contributed by atoms with E-state index >= 15 is 0 Å². The van der Waals surface area contributed by atoms with Crippen molar-refractivity contribution in [1.82, 2.24) is 0 Å². The summed E-state index contributed by atoms with van der Waals surface area (Å²) in [5.41, 5.74) is 0.814. The van der Waals surface area contributed by atoms with E-state index in [-0.39, 0.29) is 23.4 Å². The van der Waals surface area contributed by atoms with Crippen LogP contribution in [0.2, 0.25) is 0 Å².